The molecule has 0 heterocycles. The second-order valence-corrected chi connectivity index (χ2v) is 5.24. The summed E-state index contributed by atoms with van der Waals surface area (Å²) in [6, 6.07) is 12.6. The van der Waals surface area contributed by atoms with Gasteiger partial charge in [0.25, 0.3) is 11.6 Å². The Morgan fingerprint density at radius 3 is 2.79 bits per heavy atom. The van der Waals surface area contributed by atoms with Gasteiger partial charge in [-0.05, 0) is 25.1 Å². The lowest BCUT2D eigenvalue weighted by Gasteiger charge is -2.12. The molecule has 2 aromatic carbocycles. The van der Waals surface area contributed by atoms with Gasteiger partial charge in [0.05, 0.1) is 11.1 Å². The third-order valence-electron chi connectivity index (χ3n) is 2.95. The number of hydrogen-bond acceptors (Lipinski definition) is 5. The zero-order chi connectivity index (χ0) is 17.5. The summed E-state index contributed by atoms with van der Waals surface area (Å²) in [6.45, 7) is 1.57. The van der Waals surface area contributed by atoms with E-state index in [2.05, 4.69) is 10.5 Å². The van der Waals surface area contributed by atoms with E-state index in [1.54, 1.807) is 37.3 Å². The number of benzene rings is 2. The number of nitrogens with one attached hydrogen (secondary N) is 1. The Kier molecular flexibility index (Phi) is 5.86. The highest BCUT2D eigenvalue weighted by molar-refractivity contribution is 6.30. The van der Waals surface area contributed by atoms with Gasteiger partial charge in [-0.1, -0.05) is 29.8 Å². The van der Waals surface area contributed by atoms with Crippen LogP contribution in [0.4, 0.5) is 5.69 Å². The zero-order valence-electron chi connectivity index (χ0n) is 12.7. The molecule has 0 spiro atoms. The number of non-ortho nitro benzene ring substituents is 1. The van der Waals surface area contributed by atoms with Crippen molar-refractivity contribution >= 4 is 29.4 Å². The van der Waals surface area contributed by atoms with Crippen LogP contribution in [0.1, 0.15) is 12.5 Å². The van der Waals surface area contributed by atoms with Crippen LogP contribution in [-0.2, 0) is 4.79 Å². The monoisotopic (exact) mass is 347 g/mol. The maximum Gasteiger partial charge on any atom is 0.280 e. The van der Waals surface area contributed by atoms with Gasteiger partial charge in [-0.15, -0.1) is 0 Å². The van der Waals surface area contributed by atoms with Crippen molar-refractivity contribution in [1.82, 2.24) is 5.43 Å². The van der Waals surface area contributed by atoms with Gasteiger partial charge in [0.15, 0.2) is 6.10 Å². The number of nitro groups is 1. The number of halogens is 1. The molecule has 1 atom stereocenters. The van der Waals surface area contributed by atoms with Crippen LogP contribution in [0.3, 0.4) is 0 Å². The Labute approximate surface area is 143 Å². The molecule has 1 N–H and O–H groups in total. The molecule has 2 rings (SSSR count). The zero-order valence-corrected chi connectivity index (χ0v) is 13.4. The van der Waals surface area contributed by atoms with Crippen LogP contribution in [-0.4, -0.2) is 23.1 Å². The van der Waals surface area contributed by atoms with Gasteiger partial charge in [-0.25, -0.2) is 5.43 Å². The fourth-order valence-electron chi connectivity index (χ4n) is 1.78. The van der Waals surface area contributed by atoms with Crippen LogP contribution < -0.4 is 10.2 Å². The Morgan fingerprint density at radius 1 is 1.33 bits per heavy atom. The quantitative estimate of drug-likeness (QED) is 0.493. The minimum absolute atomic E-state index is 0.0528. The van der Waals surface area contributed by atoms with Gasteiger partial charge in [-0.3, -0.25) is 14.9 Å². The first kappa shape index (κ1) is 17.4. The van der Waals surface area contributed by atoms with Crippen molar-refractivity contribution < 1.29 is 14.5 Å². The third-order valence-corrected chi connectivity index (χ3v) is 3.18. The summed E-state index contributed by atoms with van der Waals surface area (Å²) >= 11 is 5.84. The van der Waals surface area contributed by atoms with Crippen LogP contribution in [0, 0.1) is 10.1 Å². The normalized spacial score (nSPS) is 11.9. The Balaban J connectivity index is 1.92. The molecule has 0 bridgehead atoms. The topological polar surface area (TPSA) is 93.8 Å². The van der Waals surface area contributed by atoms with Crippen molar-refractivity contribution in [2.75, 3.05) is 0 Å². The number of amides is 1. The third kappa shape index (κ3) is 5.06. The predicted octanol–water partition coefficient (Wildman–Crippen LogP) is 3.17. The highest BCUT2D eigenvalue weighted by Crippen LogP contribution is 2.18. The van der Waals surface area contributed by atoms with E-state index in [1.807, 2.05) is 0 Å². The number of nitrogens with zero attached hydrogens (tertiary/aromatic N) is 2. The van der Waals surface area contributed by atoms with Crippen molar-refractivity contribution in [3.05, 3.63) is 69.2 Å². The summed E-state index contributed by atoms with van der Waals surface area (Å²) in [5.74, 6) is 0.00414. The van der Waals surface area contributed by atoms with E-state index >= 15 is 0 Å². The molecule has 1 amide bonds. The van der Waals surface area contributed by atoms with Gasteiger partial charge in [-0.2, -0.15) is 5.10 Å². The molecular weight excluding hydrogens is 334 g/mol. The van der Waals surface area contributed by atoms with Gasteiger partial charge >= 0.3 is 0 Å². The van der Waals surface area contributed by atoms with Crippen molar-refractivity contribution in [1.29, 1.82) is 0 Å². The van der Waals surface area contributed by atoms with E-state index < -0.39 is 16.9 Å². The summed E-state index contributed by atoms with van der Waals surface area (Å²) in [5.41, 5.74) is 2.76. The summed E-state index contributed by atoms with van der Waals surface area (Å²) < 4.78 is 5.45. The Morgan fingerprint density at radius 2 is 2.08 bits per heavy atom. The standard InChI is InChI=1S/C16H14ClN3O4/c1-11(24-15-7-3-5-13(17)9-15)16(21)19-18-10-12-4-2-6-14(8-12)20(22)23/h2-11H,1H3,(H,19,21)/b18-10+. The summed E-state index contributed by atoms with van der Waals surface area (Å²) in [6.07, 6.45) is 0.530. The lowest BCUT2D eigenvalue weighted by Crippen LogP contribution is -2.33. The second-order valence-electron chi connectivity index (χ2n) is 4.80. The molecule has 0 aliphatic carbocycles. The minimum atomic E-state index is -0.786. The van der Waals surface area contributed by atoms with E-state index in [-0.39, 0.29) is 5.69 Å². The van der Waals surface area contributed by atoms with Crippen molar-refractivity contribution in [3.63, 3.8) is 0 Å². The van der Waals surface area contributed by atoms with Crippen LogP contribution in [0.25, 0.3) is 0 Å². The molecule has 0 saturated carbocycles. The molecule has 124 valence electrons. The number of nitro benzene ring substituents is 1. The van der Waals surface area contributed by atoms with E-state index in [0.29, 0.717) is 16.3 Å². The number of carbonyl (C=O) groups is 1. The van der Waals surface area contributed by atoms with E-state index in [0.717, 1.165) is 0 Å². The van der Waals surface area contributed by atoms with Crippen LogP contribution in [0.2, 0.25) is 5.02 Å². The number of carbonyl (C=O) groups excluding carboxylic acids is 1. The van der Waals surface area contributed by atoms with E-state index in [9.17, 15) is 14.9 Å². The molecule has 0 aliphatic rings. The number of ether oxygens (including phenoxy) is 1. The highest BCUT2D eigenvalue weighted by atomic mass is 35.5. The minimum Gasteiger partial charge on any atom is -0.481 e. The van der Waals surface area contributed by atoms with E-state index in [1.165, 1.54) is 24.4 Å². The van der Waals surface area contributed by atoms with Gasteiger partial charge in [0.2, 0.25) is 0 Å². The fraction of sp³-hybridized carbons (Fsp3) is 0.125. The first-order chi connectivity index (χ1) is 11.5. The Hall–Kier alpha value is -2.93. The molecule has 7 nitrogen and oxygen atoms in total. The molecule has 0 saturated heterocycles. The predicted molar refractivity (Wildman–Crippen MR) is 90.4 cm³/mol. The van der Waals surface area contributed by atoms with Gasteiger partial charge < -0.3 is 4.74 Å². The van der Waals surface area contributed by atoms with Crippen molar-refractivity contribution in [2.24, 2.45) is 5.10 Å². The van der Waals surface area contributed by atoms with Crippen molar-refractivity contribution in [3.8, 4) is 5.75 Å². The molecular formula is C16H14ClN3O4. The molecule has 1 unspecified atom stereocenters. The van der Waals surface area contributed by atoms with Gasteiger partial charge in [0, 0.05) is 22.7 Å². The molecule has 0 aliphatic heterocycles. The molecule has 8 heteroatoms. The summed E-state index contributed by atoms with van der Waals surface area (Å²) in [4.78, 5) is 22.1. The molecule has 2 aromatic rings. The molecule has 0 radical (unpaired) electrons. The average molecular weight is 348 g/mol. The summed E-state index contributed by atoms with van der Waals surface area (Å²) in [5, 5.41) is 15.0. The lowest BCUT2D eigenvalue weighted by atomic mass is 10.2. The molecule has 24 heavy (non-hydrogen) atoms. The lowest BCUT2D eigenvalue weighted by molar-refractivity contribution is -0.384. The second kappa shape index (κ2) is 8.07. The van der Waals surface area contributed by atoms with E-state index in [4.69, 9.17) is 16.3 Å². The smallest absolute Gasteiger partial charge is 0.280 e. The number of rotatable bonds is 6. The largest absolute Gasteiger partial charge is 0.481 e. The van der Waals surface area contributed by atoms with Crippen LogP contribution in [0.15, 0.2) is 53.6 Å². The SMILES string of the molecule is CC(Oc1cccc(Cl)c1)C(=O)N/N=C/c1cccc([N+](=O)[O-])c1. The highest BCUT2D eigenvalue weighted by Gasteiger charge is 2.14. The number of hydrogen-bond donors (Lipinski definition) is 1. The maximum absolute atomic E-state index is 11.9. The summed E-state index contributed by atoms with van der Waals surface area (Å²) in [7, 11) is 0. The maximum atomic E-state index is 11.9. The molecule has 0 aromatic heterocycles. The first-order valence-electron chi connectivity index (χ1n) is 6.95. The Bertz CT molecular complexity index is 779. The fourth-order valence-corrected chi connectivity index (χ4v) is 1.96. The molecule has 0 fully saturated rings. The van der Waals surface area contributed by atoms with Gasteiger partial charge in [0.1, 0.15) is 5.75 Å². The van der Waals surface area contributed by atoms with Crippen LogP contribution >= 0.6 is 11.6 Å². The first-order valence-corrected chi connectivity index (χ1v) is 7.33. The number of hydrazone groups is 1. The average Bonchev–Trinajstić information content (AvgIpc) is 2.55. The van der Waals surface area contributed by atoms with Crippen LogP contribution in [0.5, 0.6) is 5.75 Å². The van der Waals surface area contributed by atoms with Crippen molar-refractivity contribution in [2.45, 2.75) is 13.0 Å².